The smallest absolute Gasteiger partial charge is 0.216 e. The van der Waals surface area contributed by atoms with E-state index < -0.39 is 5.82 Å². The molecule has 5 nitrogen and oxygen atoms in total. The Hall–Kier alpha value is -3.87. The van der Waals surface area contributed by atoms with E-state index in [-0.39, 0.29) is 17.5 Å². The molecule has 0 aliphatic heterocycles. The lowest BCUT2D eigenvalue weighted by molar-refractivity contribution is -0.118. The Balaban J connectivity index is 1.49. The molecule has 0 unspecified atom stereocenters. The summed E-state index contributed by atoms with van der Waals surface area (Å²) < 4.78 is 26.7. The number of halogens is 2. The molecule has 0 saturated heterocycles. The van der Waals surface area contributed by atoms with E-state index in [0.717, 1.165) is 22.3 Å². The number of amides is 1. The summed E-state index contributed by atoms with van der Waals surface area (Å²) in [7, 11) is 0. The average molecular weight is 547 g/mol. The van der Waals surface area contributed by atoms with Crippen LogP contribution in [0.25, 0.3) is 11.1 Å². The van der Waals surface area contributed by atoms with Crippen molar-refractivity contribution < 1.29 is 18.7 Å². The molecular formula is C32H32ClFN2O3. The van der Waals surface area contributed by atoms with Gasteiger partial charge in [-0.05, 0) is 41.3 Å². The molecule has 0 radical (unpaired) electrons. The molecule has 4 aromatic rings. The van der Waals surface area contributed by atoms with Crippen molar-refractivity contribution in [2.75, 3.05) is 13.1 Å². The molecule has 2 N–H and O–H groups in total. The van der Waals surface area contributed by atoms with Gasteiger partial charge in [0.15, 0.2) is 0 Å². The summed E-state index contributed by atoms with van der Waals surface area (Å²) in [6.07, 6.45) is 0. The van der Waals surface area contributed by atoms with Crippen LogP contribution in [0.1, 0.15) is 29.2 Å². The highest BCUT2D eigenvalue weighted by atomic mass is 35.5. The molecule has 0 aliphatic rings. The molecule has 0 aromatic heterocycles. The van der Waals surface area contributed by atoms with Crippen molar-refractivity contribution in [3.63, 3.8) is 0 Å². The Morgan fingerprint density at radius 2 is 1.59 bits per heavy atom. The number of nitrogens with one attached hydrogen (secondary N) is 2. The Kier molecular flexibility index (Phi) is 9.95. The van der Waals surface area contributed by atoms with Gasteiger partial charge in [0.25, 0.3) is 0 Å². The third-order valence-corrected chi connectivity index (χ3v) is 6.66. The second kappa shape index (κ2) is 13.8. The molecule has 1 amide bonds. The molecule has 0 fully saturated rings. The van der Waals surface area contributed by atoms with E-state index in [9.17, 15) is 9.18 Å². The van der Waals surface area contributed by atoms with E-state index >= 15 is 0 Å². The number of hydrogen-bond donors (Lipinski definition) is 2. The van der Waals surface area contributed by atoms with Crippen molar-refractivity contribution >= 4 is 17.5 Å². The zero-order valence-corrected chi connectivity index (χ0v) is 22.9. The molecule has 4 rings (SSSR count). The molecule has 0 saturated carbocycles. The van der Waals surface area contributed by atoms with Crippen molar-refractivity contribution in [3.05, 3.63) is 118 Å². The lowest BCUT2D eigenvalue weighted by atomic mass is 9.97. The predicted octanol–water partition coefficient (Wildman–Crippen LogP) is 6.84. The summed E-state index contributed by atoms with van der Waals surface area (Å²) in [6, 6.07) is 27.0. The van der Waals surface area contributed by atoms with Gasteiger partial charge in [0, 0.05) is 43.8 Å². The van der Waals surface area contributed by atoms with Crippen molar-refractivity contribution in [2.45, 2.75) is 33.6 Å². The van der Waals surface area contributed by atoms with Gasteiger partial charge in [0.05, 0.1) is 5.02 Å². The number of carbonyl (C=O) groups excluding carboxylic acids is 1. The molecule has 0 heterocycles. The van der Waals surface area contributed by atoms with Crippen LogP contribution >= 0.6 is 11.6 Å². The van der Waals surface area contributed by atoms with Gasteiger partial charge in [-0.2, -0.15) is 0 Å². The third-order valence-electron chi connectivity index (χ3n) is 6.37. The summed E-state index contributed by atoms with van der Waals surface area (Å²) in [5, 5.41) is 6.11. The van der Waals surface area contributed by atoms with Gasteiger partial charge in [0.1, 0.15) is 30.5 Å². The maximum Gasteiger partial charge on any atom is 0.216 e. The summed E-state index contributed by atoms with van der Waals surface area (Å²) >= 11 is 5.94. The van der Waals surface area contributed by atoms with E-state index in [1.165, 1.54) is 18.6 Å². The number of hydrogen-bond acceptors (Lipinski definition) is 4. The second-order valence-corrected chi connectivity index (χ2v) is 9.58. The molecule has 202 valence electrons. The van der Waals surface area contributed by atoms with Crippen LogP contribution in [0, 0.1) is 12.7 Å². The fourth-order valence-electron chi connectivity index (χ4n) is 4.20. The van der Waals surface area contributed by atoms with Crippen LogP contribution < -0.4 is 20.1 Å². The van der Waals surface area contributed by atoms with Gasteiger partial charge in [-0.25, -0.2) is 4.39 Å². The minimum atomic E-state index is -0.490. The number of benzene rings is 4. The van der Waals surface area contributed by atoms with E-state index in [1.54, 1.807) is 12.1 Å². The van der Waals surface area contributed by atoms with Crippen LogP contribution in [0.4, 0.5) is 4.39 Å². The predicted molar refractivity (Wildman–Crippen MR) is 154 cm³/mol. The van der Waals surface area contributed by atoms with Crippen LogP contribution in [0.15, 0.2) is 84.9 Å². The lowest BCUT2D eigenvalue weighted by Gasteiger charge is -2.16. The highest BCUT2D eigenvalue weighted by Crippen LogP contribution is 2.29. The monoisotopic (exact) mass is 546 g/mol. The maximum absolute atomic E-state index is 14.5. The highest BCUT2D eigenvalue weighted by Gasteiger charge is 2.12. The summed E-state index contributed by atoms with van der Waals surface area (Å²) in [4.78, 5) is 11.1. The zero-order valence-electron chi connectivity index (χ0n) is 22.1. The van der Waals surface area contributed by atoms with Crippen molar-refractivity contribution in [1.82, 2.24) is 10.6 Å². The molecule has 4 aromatic carbocycles. The van der Waals surface area contributed by atoms with E-state index in [4.69, 9.17) is 21.1 Å². The first-order valence-corrected chi connectivity index (χ1v) is 13.2. The first kappa shape index (κ1) is 28.1. The summed E-state index contributed by atoms with van der Waals surface area (Å²) in [5.74, 6) is 0.655. The van der Waals surface area contributed by atoms with Gasteiger partial charge in [-0.1, -0.05) is 78.3 Å². The van der Waals surface area contributed by atoms with Gasteiger partial charge in [-0.15, -0.1) is 0 Å². The van der Waals surface area contributed by atoms with Crippen molar-refractivity contribution in [2.24, 2.45) is 0 Å². The quantitative estimate of drug-likeness (QED) is 0.191. The molecule has 7 heteroatoms. The van der Waals surface area contributed by atoms with E-state index in [2.05, 4.69) is 41.8 Å². The van der Waals surface area contributed by atoms with Crippen molar-refractivity contribution in [1.29, 1.82) is 0 Å². The summed E-state index contributed by atoms with van der Waals surface area (Å²) in [6.45, 7) is 5.62. The SMILES string of the molecule is CC(=O)NCCNCc1ccc(OCc2cccc(-c3ccccc3)c2C)cc1OCc1cccc(Cl)c1F. The van der Waals surface area contributed by atoms with Crippen LogP contribution in [-0.4, -0.2) is 19.0 Å². The van der Waals surface area contributed by atoms with Crippen LogP contribution in [0.5, 0.6) is 11.5 Å². The van der Waals surface area contributed by atoms with Gasteiger partial charge < -0.3 is 20.1 Å². The summed E-state index contributed by atoms with van der Waals surface area (Å²) in [5.41, 5.74) is 5.84. The lowest BCUT2D eigenvalue weighted by Crippen LogP contribution is -2.30. The first-order chi connectivity index (χ1) is 18.9. The van der Waals surface area contributed by atoms with Crippen LogP contribution in [-0.2, 0) is 24.6 Å². The molecule has 0 atom stereocenters. The Bertz CT molecular complexity index is 1410. The van der Waals surface area contributed by atoms with E-state index in [0.29, 0.717) is 43.3 Å². The fourth-order valence-corrected chi connectivity index (χ4v) is 4.40. The minimum Gasteiger partial charge on any atom is -0.489 e. The topological polar surface area (TPSA) is 59.6 Å². The zero-order chi connectivity index (χ0) is 27.6. The minimum absolute atomic E-state index is 0.0208. The Morgan fingerprint density at radius 1 is 0.846 bits per heavy atom. The Labute approximate surface area is 233 Å². The maximum atomic E-state index is 14.5. The molecule has 39 heavy (non-hydrogen) atoms. The first-order valence-electron chi connectivity index (χ1n) is 12.8. The second-order valence-electron chi connectivity index (χ2n) is 9.18. The van der Waals surface area contributed by atoms with Crippen molar-refractivity contribution in [3.8, 4) is 22.6 Å². The fraction of sp³-hybridized carbons (Fsp3) is 0.219. The van der Waals surface area contributed by atoms with Gasteiger partial charge in [-0.3, -0.25) is 4.79 Å². The average Bonchev–Trinajstić information content (AvgIpc) is 2.94. The third kappa shape index (κ3) is 7.82. The van der Waals surface area contributed by atoms with Gasteiger partial charge in [0.2, 0.25) is 5.91 Å². The standard InChI is InChI=1S/C32H32ClFN2O3/c1-22-26(10-6-12-29(22)24-8-4-3-5-9-24)20-38-28-15-14-25(19-35-16-17-36-23(2)37)31(18-28)39-21-27-11-7-13-30(33)32(27)34/h3-15,18,35H,16-17,19-21H2,1-2H3,(H,36,37). The Morgan fingerprint density at radius 3 is 2.38 bits per heavy atom. The van der Waals surface area contributed by atoms with E-state index in [1.807, 2.05) is 42.5 Å². The van der Waals surface area contributed by atoms with Gasteiger partial charge >= 0.3 is 0 Å². The number of rotatable bonds is 12. The molecule has 0 aliphatic carbocycles. The highest BCUT2D eigenvalue weighted by molar-refractivity contribution is 6.30. The largest absolute Gasteiger partial charge is 0.489 e. The molecule has 0 spiro atoms. The van der Waals surface area contributed by atoms with Crippen LogP contribution in [0.3, 0.4) is 0 Å². The normalized spacial score (nSPS) is 10.8. The molecular weight excluding hydrogens is 515 g/mol. The molecule has 0 bridgehead atoms. The van der Waals surface area contributed by atoms with Crippen LogP contribution in [0.2, 0.25) is 5.02 Å². The number of ether oxygens (including phenoxy) is 2. The number of carbonyl (C=O) groups is 1.